The molecule has 0 spiro atoms. The minimum atomic E-state index is -1.09. The van der Waals surface area contributed by atoms with Crippen LogP contribution in [0.15, 0.2) is 29.1 Å². The average molecular weight is 260 g/mol. The Morgan fingerprint density at radius 3 is 3.06 bits per heavy atom. The SMILES string of the molecule is O=C(O)Nc1ccc2[nH]c(-c3cscn3)nc2c1. The summed E-state index contributed by atoms with van der Waals surface area (Å²) in [4.78, 5) is 22.2. The topological polar surface area (TPSA) is 90.9 Å². The van der Waals surface area contributed by atoms with Crippen molar-refractivity contribution in [2.24, 2.45) is 0 Å². The lowest BCUT2D eigenvalue weighted by atomic mass is 10.3. The molecule has 0 bridgehead atoms. The Balaban J connectivity index is 2.04. The number of fused-ring (bicyclic) bond motifs is 1. The van der Waals surface area contributed by atoms with Crippen LogP contribution in [0.1, 0.15) is 0 Å². The third-order valence-corrected chi connectivity index (χ3v) is 3.00. The van der Waals surface area contributed by atoms with E-state index in [4.69, 9.17) is 5.11 Å². The highest BCUT2D eigenvalue weighted by Crippen LogP contribution is 2.22. The van der Waals surface area contributed by atoms with E-state index in [0.29, 0.717) is 17.0 Å². The van der Waals surface area contributed by atoms with E-state index in [2.05, 4.69) is 20.3 Å². The standard InChI is InChI=1S/C11H8N4O2S/c16-11(17)13-6-1-2-7-8(3-6)15-10(14-7)9-4-18-5-12-9/h1-5,13H,(H,14,15)(H,16,17). The molecule has 2 heterocycles. The van der Waals surface area contributed by atoms with Gasteiger partial charge in [0, 0.05) is 11.1 Å². The normalized spacial score (nSPS) is 10.7. The van der Waals surface area contributed by atoms with E-state index in [1.165, 1.54) is 11.3 Å². The van der Waals surface area contributed by atoms with E-state index in [0.717, 1.165) is 11.2 Å². The number of H-pyrrole nitrogens is 1. The molecule has 0 fully saturated rings. The van der Waals surface area contributed by atoms with Crippen molar-refractivity contribution in [2.45, 2.75) is 0 Å². The van der Waals surface area contributed by atoms with Crippen LogP contribution in [-0.4, -0.2) is 26.2 Å². The van der Waals surface area contributed by atoms with Crippen molar-refractivity contribution in [3.63, 3.8) is 0 Å². The summed E-state index contributed by atoms with van der Waals surface area (Å²) in [7, 11) is 0. The molecule has 0 aliphatic heterocycles. The Bertz CT molecular complexity index is 705. The number of thiazole rings is 1. The monoisotopic (exact) mass is 260 g/mol. The third kappa shape index (κ3) is 1.91. The summed E-state index contributed by atoms with van der Waals surface area (Å²) >= 11 is 1.49. The number of amides is 1. The van der Waals surface area contributed by atoms with Gasteiger partial charge in [-0.2, -0.15) is 0 Å². The number of imidazole rings is 1. The highest BCUT2D eigenvalue weighted by Gasteiger charge is 2.08. The maximum absolute atomic E-state index is 10.5. The Hall–Kier alpha value is -2.41. The van der Waals surface area contributed by atoms with Gasteiger partial charge < -0.3 is 10.1 Å². The number of aromatic nitrogens is 3. The maximum Gasteiger partial charge on any atom is 0.409 e. The third-order valence-electron chi connectivity index (χ3n) is 2.41. The molecule has 18 heavy (non-hydrogen) atoms. The number of rotatable bonds is 2. The molecule has 0 radical (unpaired) electrons. The predicted molar refractivity (Wildman–Crippen MR) is 68.8 cm³/mol. The van der Waals surface area contributed by atoms with Gasteiger partial charge in [-0.15, -0.1) is 11.3 Å². The Labute approximate surface area is 105 Å². The number of anilines is 1. The van der Waals surface area contributed by atoms with Gasteiger partial charge in [-0.1, -0.05) is 0 Å². The Kier molecular flexibility index (Phi) is 2.45. The largest absolute Gasteiger partial charge is 0.465 e. The van der Waals surface area contributed by atoms with E-state index < -0.39 is 6.09 Å². The first-order valence-electron chi connectivity index (χ1n) is 5.10. The minimum absolute atomic E-state index is 0.492. The first-order chi connectivity index (χ1) is 8.72. The van der Waals surface area contributed by atoms with Crippen LogP contribution in [0.2, 0.25) is 0 Å². The molecule has 6 nitrogen and oxygen atoms in total. The molecule has 0 aliphatic rings. The molecule has 7 heteroatoms. The van der Waals surface area contributed by atoms with Crippen LogP contribution in [0.25, 0.3) is 22.6 Å². The number of nitrogens with zero attached hydrogens (tertiary/aromatic N) is 2. The van der Waals surface area contributed by atoms with Crippen LogP contribution in [0.3, 0.4) is 0 Å². The van der Waals surface area contributed by atoms with E-state index in [9.17, 15) is 4.79 Å². The fourth-order valence-corrected chi connectivity index (χ4v) is 2.19. The van der Waals surface area contributed by atoms with Crippen molar-refractivity contribution in [3.8, 4) is 11.5 Å². The number of carbonyl (C=O) groups is 1. The zero-order valence-corrected chi connectivity index (χ0v) is 9.86. The molecule has 90 valence electrons. The molecule has 3 rings (SSSR count). The van der Waals surface area contributed by atoms with Crippen LogP contribution in [0.5, 0.6) is 0 Å². The molecule has 0 unspecified atom stereocenters. The quantitative estimate of drug-likeness (QED) is 0.660. The second-order valence-corrected chi connectivity index (χ2v) is 4.34. The van der Waals surface area contributed by atoms with Crippen molar-refractivity contribution < 1.29 is 9.90 Å². The van der Waals surface area contributed by atoms with Crippen LogP contribution >= 0.6 is 11.3 Å². The molecule has 3 N–H and O–H groups in total. The number of aromatic amines is 1. The lowest BCUT2D eigenvalue weighted by Crippen LogP contribution is -2.06. The molecule has 3 aromatic rings. The molecule has 0 aliphatic carbocycles. The summed E-state index contributed by atoms with van der Waals surface area (Å²) in [6.07, 6.45) is -1.09. The fourth-order valence-electron chi connectivity index (χ4n) is 1.66. The summed E-state index contributed by atoms with van der Waals surface area (Å²) in [5.74, 6) is 0.679. The first kappa shape index (κ1) is 10.7. The van der Waals surface area contributed by atoms with Gasteiger partial charge in [0.1, 0.15) is 5.69 Å². The molecular formula is C11H8N4O2S. The lowest BCUT2D eigenvalue weighted by Gasteiger charge is -1.98. The second kappa shape index (κ2) is 4.11. The van der Waals surface area contributed by atoms with Gasteiger partial charge in [-0.05, 0) is 18.2 Å². The fraction of sp³-hybridized carbons (Fsp3) is 0. The Morgan fingerprint density at radius 1 is 1.44 bits per heavy atom. The molecular weight excluding hydrogens is 252 g/mol. The minimum Gasteiger partial charge on any atom is -0.465 e. The van der Waals surface area contributed by atoms with Gasteiger partial charge in [0.15, 0.2) is 5.82 Å². The van der Waals surface area contributed by atoms with E-state index in [1.54, 1.807) is 23.7 Å². The summed E-state index contributed by atoms with van der Waals surface area (Å²) in [5.41, 5.74) is 4.55. The molecule has 0 saturated carbocycles. The van der Waals surface area contributed by atoms with Crippen LogP contribution in [0.4, 0.5) is 10.5 Å². The number of nitrogens with one attached hydrogen (secondary N) is 2. The molecule has 1 aromatic carbocycles. The second-order valence-electron chi connectivity index (χ2n) is 3.62. The summed E-state index contributed by atoms with van der Waals surface area (Å²) in [6, 6.07) is 5.14. The average Bonchev–Trinajstić information content (AvgIpc) is 2.95. The highest BCUT2D eigenvalue weighted by molar-refractivity contribution is 7.07. The van der Waals surface area contributed by atoms with Crippen LogP contribution in [0, 0.1) is 0 Å². The zero-order chi connectivity index (χ0) is 12.5. The Morgan fingerprint density at radius 2 is 2.33 bits per heavy atom. The van der Waals surface area contributed by atoms with Crippen molar-refractivity contribution in [1.82, 2.24) is 15.0 Å². The summed E-state index contributed by atoms with van der Waals surface area (Å²) < 4.78 is 0. The van der Waals surface area contributed by atoms with Crippen LogP contribution in [-0.2, 0) is 0 Å². The lowest BCUT2D eigenvalue weighted by molar-refractivity contribution is 0.210. The number of carboxylic acid groups (broad SMARTS) is 1. The van der Waals surface area contributed by atoms with Crippen molar-refractivity contribution in [3.05, 3.63) is 29.1 Å². The van der Waals surface area contributed by atoms with Crippen molar-refractivity contribution in [2.75, 3.05) is 5.32 Å². The van der Waals surface area contributed by atoms with Gasteiger partial charge in [0.25, 0.3) is 0 Å². The zero-order valence-electron chi connectivity index (χ0n) is 9.04. The van der Waals surface area contributed by atoms with Gasteiger partial charge in [-0.25, -0.2) is 14.8 Å². The van der Waals surface area contributed by atoms with Crippen molar-refractivity contribution in [1.29, 1.82) is 0 Å². The predicted octanol–water partition coefficient (Wildman–Crippen LogP) is 2.78. The first-order valence-corrected chi connectivity index (χ1v) is 6.05. The van der Waals surface area contributed by atoms with Gasteiger partial charge in [-0.3, -0.25) is 5.32 Å². The van der Waals surface area contributed by atoms with Crippen LogP contribution < -0.4 is 5.32 Å². The summed E-state index contributed by atoms with van der Waals surface area (Å²) in [5, 5.41) is 12.8. The maximum atomic E-state index is 10.5. The molecule has 2 aromatic heterocycles. The van der Waals surface area contributed by atoms with E-state index in [-0.39, 0.29) is 0 Å². The number of hydrogen-bond acceptors (Lipinski definition) is 4. The molecule has 1 amide bonds. The highest BCUT2D eigenvalue weighted by atomic mass is 32.1. The van der Waals surface area contributed by atoms with Crippen molar-refractivity contribution >= 4 is 34.2 Å². The van der Waals surface area contributed by atoms with Gasteiger partial charge in [0.05, 0.1) is 16.5 Å². The van der Waals surface area contributed by atoms with Gasteiger partial charge in [0.2, 0.25) is 0 Å². The van der Waals surface area contributed by atoms with E-state index in [1.807, 2.05) is 5.38 Å². The smallest absolute Gasteiger partial charge is 0.409 e. The molecule has 0 atom stereocenters. The summed E-state index contributed by atoms with van der Waals surface area (Å²) in [6.45, 7) is 0. The van der Waals surface area contributed by atoms with E-state index >= 15 is 0 Å². The molecule has 0 saturated heterocycles. The number of benzene rings is 1. The van der Waals surface area contributed by atoms with Gasteiger partial charge >= 0.3 is 6.09 Å². The number of hydrogen-bond donors (Lipinski definition) is 3.